The van der Waals surface area contributed by atoms with Crippen LogP contribution in [0, 0.1) is 0 Å². The van der Waals surface area contributed by atoms with E-state index in [2.05, 4.69) is 86.3 Å². The summed E-state index contributed by atoms with van der Waals surface area (Å²) in [6.07, 6.45) is 3.94. The molecule has 112 valence electrons. The second-order valence-electron chi connectivity index (χ2n) is 5.54. The zero-order chi connectivity index (χ0) is 15.6. The first kappa shape index (κ1) is 14.2. The predicted molar refractivity (Wildman–Crippen MR) is 98.4 cm³/mol. The van der Waals surface area contributed by atoms with Crippen molar-refractivity contribution < 1.29 is 0 Å². The summed E-state index contributed by atoms with van der Waals surface area (Å²) < 4.78 is 3.30. The van der Waals surface area contributed by atoms with Crippen molar-refractivity contribution in [3.8, 4) is 11.1 Å². The third-order valence-electron chi connectivity index (χ3n) is 4.01. The number of benzene rings is 2. The van der Waals surface area contributed by atoms with Gasteiger partial charge in [-0.1, -0.05) is 58.4 Å². The summed E-state index contributed by atoms with van der Waals surface area (Å²) in [4.78, 5) is 4.47. The molecule has 0 fully saturated rings. The molecule has 0 aliphatic carbocycles. The maximum atomic E-state index is 4.47. The minimum absolute atomic E-state index is 0.830. The van der Waals surface area contributed by atoms with Gasteiger partial charge in [0.05, 0.1) is 0 Å². The summed E-state index contributed by atoms with van der Waals surface area (Å²) >= 11 is 3.61. The summed E-state index contributed by atoms with van der Waals surface area (Å²) in [7, 11) is 0. The number of pyridine rings is 1. The van der Waals surface area contributed by atoms with E-state index in [1.165, 1.54) is 22.1 Å². The maximum absolute atomic E-state index is 4.47. The molecule has 2 aromatic carbocycles. The fourth-order valence-electron chi connectivity index (χ4n) is 2.83. The monoisotopic (exact) mass is 362 g/mol. The van der Waals surface area contributed by atoms with Crippen molar-refractivity contribution in [3.05, 3.63) is 89.2 Å². The zero-order valence-electron chi connectivity index (χ0n) is 12.5. The number of aromatic nitrogens is 2. The maximum Gasteiger partial charge on any atom is 0.140 e. The molecule has 2 aromatic heterocycles. The molecular weight excluding hydrogens is 348 g/mol. The Bertz CT molecular complexity index is 955. The average Bonchev–Trinajstić information content (AvgIpc) is 2.99. The van der Waals surface area contributed by atoms with Gasteiger partial charge in [-0.15, -0.1) is 0 Å². The molecular formula is C20H15BrN2. The van der Waals surface area contributed by atoms with Crippen molar-refractivity contribution >= 4 is 27.0 Å². The number of hydrogen-bond acceptors (Lipinski definition) is 1. The lowest BCUT2D eigenvalue weighted by Crippen LogP contribution is -1.98. The van der Waals surface area contributed by atoms with Crippen LogP contribution in [0.4, 0.5) is 0 Å². The third-order valence-corrected chi connectivity index (χ3v) is 4.71. The Labute approximate surface area is 143 Å². The van der Waals surface area contributed by atoms with Crippen LogP contribution in [0.1, 0.15) is 5.56 Å². The molecule has 0 N–H and O–H groups in total. The number of rotatable bonds is 3. The van der Waals surface area contributed by atoms with Crippen LogP contribution in [0.15, 0.2) is 83.6 Å². The second-order valence-corrected chi connectivity index (χ2v) is 6.39. The van der Waals surface area contributed by atoms with Crippen LogP contribution < -0.4 is 0 Å². The van der Waals surface area contributed by atoms with Gasteiger partial charge in [-0.05, 0) is 41.0 Å². The van der Waals surface area contributed by atoms with Gasteiger partial charge >= 0.3 is 0 Å². The van der Waals surface area contributed by atoms with Crippen LogP contribution in [-0.4, -0.2) is 9.55 Å². The summed E-state index contributed by atoms with van der Waals surface area (Å²) in [5.74, 6) is 0. The first-order valence-corrected chi connectivity index (χ1v) is 8.34. The Hall–Kier alpha value is -2.39. The molecule has 4 aromatic rings. The fourth-order valence-corrected chi connectivity index (χ4v) is 3.34. The van der Waals surface area contributed by atoms with E-state index in [1.807, 2.05) is 18.3 Å². The van der Waals surface area contributed by atoms with Crippen LogP contribution in [0.3, 0.4) is 0 Å². The molecule has 2 heterocycles. The van der Waals surface area contributed by atoms with Gasteiger partial charge in [0, 0.05) is 28.8 Å². The van der Waals surface area contributed by atoms with Gasteiger partial charge in [0.15, 0.2) is 0 Å². The fraction of sp³-hybridized carbons (Fsp3) is 0.0500. The highest BCUT2D eigenvalue weighted by Crippen LogP contribution is 2.28. The lowest BCUT2D eigenvalue weighted by Gasteiger charge is -2.08. The zero-order valence-corrected chi connectivity index (χ0v) is 14.1. The lowest BCUT2D eigenvalue weighted by molar-refractivity contribution is 0.825. The smallest absolute Gasteiger partial charge is 0.140 e. The molecule has 4 rings (SSSR count). The minimum atomic E-state index is 0.830. The van der Waals surface area contributed by atoms with Crippen molar-refractivity contribution in [1.82, 2.24) is 9.55 Å². The summed E-state index contributed by atoms with van der Waals surface area (Å²) in [6, 6.07) is 23.2. The van der Waals surface area contributed by atoms with E-state index in [0.29, 0.717) is 0 Å². The highest BCUT2D eigenvalue weighted by Gasteiger charge is 2.04. The number of fused-ring (bicyclic) bond motifs is 1. The molecule has 0 bridgehead atoms. The van der Waals surface area contributed by atoms with E-state index in [4.69, 9.17) is 0 Å². The summed E-state index contributed by atoms with van der Waals surface area (Å²) in [6.45, 7) is 0.830. The normalized spacial score (nSPS) is 11.0. The van der Waals surface area contributed by atoms with E-state index >= 15 is 0 Å². The van der Waals surface area contributed by atoms with Crippen LogP contribution in [0.2, 0.25) is 0 Å². The first-order valence-electron chi connectivity index (χ1n) is 7.55. The molecule has 0 saturated carbocycles. The second kappa shape index (κ2) is 6.01. The van der Waals surface area contributed by atoms with Gasteiger partial charge in [0.1, 0.15) is 5.65 Å². The highest BCUT2D eigenvalue weighted by molar-refractivity contribution is 9.10. The molecule has 3 heteroatoms. The highest BCUT2D eigenvalue weighted by atomic mass is 79.9. The van der Waals surface area contributed by atoms with Crippen LogP contribution in [0.5, 0.6) is 0 Å². The molecule has 2 nitrogen and oxygen atoms in total. The van der Waals surface area contributed by atoms with Crippen LogP contribution in [0.25, 0.3) is 22.2 Å². The molecule has 0 spiro atoms. The van der Waals surface area contributed by atoms with Crippen molar-refractivity contribution in [2.75, 3.05) is 0 Å². The Morgan fingerprint density at radius 1 is 0.870 bits per heavy atom. The van der Waals surface area contributed by atoms with Crippen LogP contribution in [-0.2, 0) is 6.54 Å². The standard InChI is InChI=1S/C20H15BrN2/c21-19-6-2-1-5-18(19)16-9-7-15(8-10-16)14-23-13-11-17-4-3-12-22-20(17)23/h1-13H,14H2. The SMILES string of the molecule is Brc1ccccc1-c1ccc(Cn2ccc3cccnc32)cc1. The van der Waals surface area contributed by atoms with Gasteiger partial charge in [-0.2, -0.15) is 0 Å². The molecule has 0 unspecified atom stereocenters. The Morgan fingerprint density at radius 3 is 2.52 bits per heavy atom. The summed E-state index contributed by atoms with van der Waals surface area (Å²) in [5.41, 5.74) is 4.73. The van der Waals surface area contributed by atoms with E-state index in [0.717, 1.165) is 16.7 Å². The van der Waals surface area contributed by atoms with Crippen molar-refractivity contribution in [1.29, 1.82) is 0 Å². The van der Waals surface area contributed by atoms with Gasteiger partial charge in [0.25, 0.3) is 0 Å². The predicted octanol–water partition coefficient (Wildman–Crippen LogP) is 5.51. The third kappa shape index (κ3) is 2.80. The number of nitrogens with zero attached hydrogens (tertiary/aromatic N) is 2. The van der Waals surface area contributed by atoms with Gasteiger partial charge in [-0.25, -0.2) is 4.98 Å². The summed E-state index contributed by atoms with van der Waals surface area (Å²) in [5, 5.41) is 1.18. The molecule has 0 aliphatic heterocycles. The van der Waals surface area contributed by atoms with E-state index in [1.54, 1.807) is 0 Å². The lowest BCUT2D eigenvalue weighted by atomic mass is 10.0. The van der Waals surface area contributed by atoms with Gasteiger partial charge in [0.2, 0.25) is 0 Å². The molecule has 0 saturated heterocycles. The van der Waals surface area contributed by atoms with Crippen molar-refractivity contribution in [2.24, 2.45) is 0 Å². The number of halogens is 1. The largest absolute Gasteiger partial charge is 0.328 e. The Kier molecular flexibility index (Phi) is 3.72. The van der Waals surface area contributed by atoms with Crippen LogP contribution >= 0.6 is 15.9 Å². The minimum Gasteiger partial charge on any atom is -0.328 e. The Balaban J connectivity index is 1.63. The number of hydrogen-bond donors (Lipinski definition) is 0. The van der Waals surface area contributed by atoms with Gasteiger partial charge < -0.3 is 4.57 Å². The average molecular weight is 363 g/mol. The van der Waals surface area contributed by atoms with E-state index in [-0.39, 0.29) is 0 Å². The molecule has 0 aliphatic rings. The van der Waals surface area contributed by atoms with E-state index < -0.39 is 0 Å². The molecule has 0 radical (unpaired) electrons. The molecule has 23 heavy (non-hydrogen) atoms. The quantitative estimate of drug-likeness (QED) is 0.469. The van der Waals surface area contributed by atoms with Gasteiger partial charge in [-0.3, -0.25) is 0 Å². The topological polar surface area (TPSA) is 17.8 Å². The van der Waals surface area contributed by atoms with Crippen molar-refractivity contribution in [3.63, 3.8) is 0 Å². The molecule has 0 amide bonds. The molecule has 0 atom stereocenters. The Morgan fingerprint density at radius 2 is 1.70 bits per heavy atom. The van der Waals surface area contributed by atoms with E-state index in [9.17, 15) is 0 Å². The first-order chi connectivity index (χ1) is 11.3. The van der Waals surface area contributed by atoms with Crippen molar-refractivity contribution in [2.45, 2.75) is 6.54 Å².